The van der Waals surface area contributed by atoms with Crippen molar-refractivity contribution in [2.24, 2.45) is 7.05 Å². The van der Waals surface area contributed by atoms with E-state index in [1.807, 2.05) is 30.3 Å². The summed E-state index contributed by atoms with van der Waals surface area (Å²) in [6.07, 6.45) is 1.13. The van der Waals surface area contributed by atoms with Gasteiger partial charge in [0, 0.05) is 53.4 Å². The van der Waals surface area contributed by atoms with E-state index in [0.29, 0.717) is 40.1 Å². The highest BCUT2D eigenvalue weighted by Gasteiger charge is 2.35. The number of alkyl halides is 1. The van der Waals surface area contributed by atoms with Crippen LogP contribution in [-0.4, -0.2) is 45.6 Å². The van der Waals surface area contributed by atoms with E-state index in [9.17, 15) is 19.5 Å². The third kappa shape index (κ3) is 5.58. The Bertz CT molecular complexity index is 1960. The van der Waals surface area contributed by atoms with Gasteiger partial charge in [-0.3, -0.25) is 14.9 Å². The summed E-state index contributed by atoms with van der Waals surface area (Å²) in [4.78, 5) is 41.3. The van der Waals surface area contributed by atoms with Crippen LogP contribution in [0.25, 0.3) is 20.9 Å². The second-order valence-corrected chi connectivity index (χ2v) is 13.2. The van der Waals surface area contributed by atoms with E-state index in [4.69, 9.17) is 16.3 Å². The van der Waals surface area contributed by atoms with Crippen molar-refractivity contribution < 1.29 is 24.2 Å². The van der Waals surface area contributed by atoms with E-state index < -0.39 is 11.7 Å². The van der Waals surface area contributed by atoms with Crippen LogP contribution in [0.3, 0.4) is 0 Å². The molecule has 11 heteroatoms. The van der Waals surface area contributed by atoms with Crippen molar-refractivity contribution >= 4 is 78.8 Å². The molecule has 3 N–H and O–H groups in total. The number of amides is 3. The van der Waals surface area contributed by atoms with Crippen molar-refractivity contribution in [2.75, 3.05) is 28.0 Å². The number of aryl methyl sites for hydroxylation is 1. The largest absolute Gasteiger partial charge is 0.507 e. The number of aromatic nitrogens is 1. The number of fused-ring (bicyclic) bond motifs is 4. The first-order chi connectivity index (χ1) is 20.9. The molecule has 3 amide bonds. The van der Waals surface area contributed by atoms with E-state index in [0.717, 1.165) is 26.4 Å². The molecule has 0 saturated heterocycles. The molecule has 226 valence electrons. The molecule has 6 rings (SSSR count). The molecular weight excluding hydrogens is 600 g/mol. The number of hydrogen-bond donors (Lipinski definition) is 3. The first-order valence-electron chi connectivity index (χ1n) is 14.1. The average molecular weight is 631 g/mol. The van der Waals surface area contributed by atoms with Crippen molar-refractivity contribution in [3.63, 3.8) is 0 Å². The van der Waals surface area contributed by atoms with Gasteiger partial charge in [-0.1, -0.05) is 24.3 Å². The predicted molar refractivity (Wildman–Crippen MR) is 176 cm³/mol. The maximum absolute atomic E-state index is 13.8. The maximum Gasteiger partial charge on any atom is 0.412 e. The Morgan fingerprint density at radius 3 is 2.50 bits per heavy atom. The summed E-state index contributed by atoms with van der Waals surface area (Å²) in [6.45, 7) is 5.76. The second kappa shape index (κ2) is 11.2. The predicted octanol–water partition coefficient (Wildman–Crippen LogP) is 7.68. The number of aromatic hydroxyl groups is 1. The number of nitrogens with zero attached hydrogens (tertiary/aromatic N) is 2. The van der Waals surface area contributed by atoms with E-state index >= 15 is 0 Å². The minimum atomic E-state index is -0.618. The zero-order valence-corrected chi connectivity index (χ0v) is 26.2. The molecule has 2 aromatic heterocycles. The van der Waals surface area contributed by atoms with Crippen molar-refractivity contribution in [3.8, 4) is 5.75 Å². The maximum atomic E-state index is 13.8. The number of carbonyl (C=O) groups excluding carboxylic acids is 3. The molecule has 0 saturated carbocycles. The summed E-state index contributed by atoms with van der Waals surface area (Å²) >= 11 is 7.67. The fourth-order valence-electron chi connectivity index (χ4n) is 5.58. The number of thiophene rings is 1. The molecule has 0 fully saturated rings. The lowest BCUT2D eigenvalue weighted by Crippen LogP contribution is -2.31. The van der Waals surface area contributed by atoms with E-state index in [1.54, 1.807) is 73.8 Å². The summed E-state index contributed by atoms with van der Waals surface area (Å²) < 4.78 is 7.87. The molecule has 0 unspecified atom stereocenters. The Labute approximate surface area is 263 Å². The normalized spacial score (nSPS) is 14.6. The van der Waals surface area contributed by atoms with E-state index in [2.05, 4.69) is 10.6 Å². The highest BCUT2D eigenvalue weighted by atomic mass is 35.5. The number of halogens is 1. The number of rotatable bonds is 5. The minimum Gasteiger partial charge on any atom is -0.507 e. The molecule has 1 aliphatic heterocycles. The van der Waals surface area contributed by atoms with Crippen molar-refractivity contribution in [1.82, 2.24) is 4.57 Å². The van der Waals surface area contributed by atoms with E-state index in [1.165, 1.54) is 11.3 Å². The molecule has 0 radical (unpaired) electrons. The monoisotopic (exact) mass is 630 g/mol. The molecule has 1 aliphatic rings. The highest BCUT2D eigenvalue weighted by Crippen LogP contribution is 2.45. The molecular formula is C33H31ClN4O5S. The third-order valence-corrected chi connectivity index (χ3v) is 8.93. The number of hydrogen-bond acceptors (Lipinski definition) is 6. The summed E-state index contributed by atoms with van der Waals surface area (Å²) in [5.41, 5.74) is 2.37. The van der Waals surface area contributed by atoms with Gasteiger partial charge in [0.25, 0.3) is 11.8 Å². The van der Waals surface area contributed by atoms with Gasteiger partial charge in [-0.15, -0.1) is 22.9 Å². The molecule has 3 heterocycles. The number of nitrogens with one attached hydrogen (secondary N) is 2. The van der Waals surface area contributed by atoms with Gasteiger partial charge in [-0.2, -0.15) is 0 Å². The van der Waals surface area contributed by atoms with Crippen LogP contribution in [0.1, 0.15) is 52.4 Å². The van der Waals surface area contributed by atoms with Crippen LogP contribution < -0.4 is 15.5 Å². The van der Waals surface area contributed by atoms with Gasteiger partial charge in [0.2, 0.25) is 0 Å². The Kier molecular flexibility index (Phi) is 7.51. The van der Waals surface area contributed by atoms with Crippen molar-refractivity contribution in [2.45, 2.75) is 32.3 Å². The molecule has 5 aromatic rings. The quantitative estimate of drug-likeness (QED) is 0.172. The number of phenolic OH excluding ortho intramolecular Hbond substituents is 1. The number of ether oxygens (including phenoxy) is 1. The van der Waals surface area contributed by atoms with Crippen LogP contribution >= 0.6 is 22.9 Å². The molecule has 0 bridgehead atoms. The zero-order valence-electron chi connectivity index (χ0n) is 24.6. The summed E-state index contributed by atoms with van der Waals surface area (Å²) in [7, 11) is 1.75. The van der Waals surface area contributed by atoms with Crippen LogP contribution in [0.15, 0.2) is 66.9 Å². The van der Waals surface area contributed by atoms with Crippen LogP contribution in [0.4, 0.5) is 21.9 Å². The molecule has 3 aromatic carbocycles. The van der Waals surface area contributed by atoms with Crippen LogP contribution in [0.2, 0.25) is 0 Å². The van der Waals surface area contributed by atoms with Crippen LogP contribution in [0, 0.1) is 0 Å². The summed E-state index contributed by atoms with van der Waals surface area (Å²) in [5.74, 6) is -0.240. The van der Waals surface area contributed by atoms with Gasteiger partial charge >= 0.3 is 6.09 Å². The lowest BCUT2D eigenvalue weighted by Gasteiger charge is -2.19. The lowest BCUT2D eigenvalue weighted by molar-refractivity contribution is 0.0635. The summed E-state index contributed by atoms with van der Waals surface area (Å²) in [6, 6.07) is 18.0. The molecule has 44 heavy (non-hydrogen) atoms. The fraction of sp³-hybridized carbons (Fsp3) is 0.242. The van der Waals surface area contributed by atoms with Gasteiger partial charge < -0.3 is 24.6 Å². The summed E-state index contributed by atoms with van der Waals surface area (Å²) in [5, 5.41) is 18.7. The first-order valence-corrected chi connectivity index (χ1v) is 15.4. The van der Waals surface area contributed by atoms with Crippen LogP contribution in [0.5, 0.6) is 5.75 Å². The first kappa shape index (κ1) is 29.5. The van der Waals surface area contributed by atoms with Gasteiger partial charge in [-0.05, 0) is 67.4 Å². The number of phenols is 1. The Morgan fingerprint density at radius 2 is 1.77 bits per heavy atom. The molecule has 0 spiro atoms. The number of anilines is 3. The molecule has 0 aliphatic carbocycles. The Morgan fingerprint density at radius 1 is 1.02 bits per heavy atom. The highest BCUT2D eigenvalue weighted by molar-refractivity contribution is 7.20. The Hall–Kier alpha value is -4.54. The fourth-order valence-corrected chi connectivity index (χ4v) is 6.77. The van der Waals surface area contributed by atoms with Gasteiger partial charge in [-0.25, -0.2) is 4.79 Å². The second-order valence-electron chi connectivity index (χ2n) is 11.8. The zero-order chi connectivity index (χ0) is 31.3. The van der Waals surface area contributed by atoms with Crippen molar-refractivity contribution in [3.05, 3.63) is 83.0 Å². The minimum absolute atomic E-state index is 0.0895. The Balaban J connectivity index is 1.21. The van der Waals surface area contributed by atoms with Gasteiger partial charge in [0.05, 0.1) is 16.3 Å². The van der Waals surface area contributed by atoms with Gasteiger partial charge in [0.1, 0.15) is 17.0 Å². The SMILES string of the molecule is Cn1cc(NC(=O)c2cc3cc(NC(=O)OC(C)(C)C)ccc3s2)cc1C(=O)N1C[C@@H](CCl)c2c1cc(O)c1ccccc21. The lowest BCUT2D eigenvalue weighted by atomic mass is 9.95. The smallest absolute Gasteiger partial charge is 0.412 e. The number of carbonyl (C=O) groups is 3. The number of benzene rings is 3. The standard InChI is InChI=1S/C33H31ClN4O5S/c1-33(2,3)43-32(42)36-20-9-10-27-18(11-20)12-28(44-27)30(40)35-21-13-25(37(4)17-21)31(41)38-16-19(15-34)29-23-8-6-5-7-22(23)26(39)14-24(29)38/h5-14,17,19,39H,15-16H2,1-4H3,(H,35,40)(H,36,42)/t19-/m1/s1. The molecule has 9 nitrogen and oxygen atoms in total. The molecule has 1 atom stereocenters. The van der Waals surface area contributed by atoms with E-state index in [-0.39, 0.29) is 23.5 Å². The topological polar surface area (TPSA) is 113 Å². The van der Waals surface area contributed by atoms with Crippen LogP contribution in [-0.2, 0) is 11.8 Å². The van der Waals surface area contributed by atoms with Crippen molar-refractivity contribution in [1.29, 1.82) is 0 Å². The van der Waals surface area contributed by atoms with Gasteiger partial charge in [0.15, 0.2) is 0 Å². The average Bonchev–Trinajstić information content (AvgIpc) is 3.66. The third-order valence-electron chi connectivity index (χ3n) is 7.44.